The van der Waals surface area contributed by atoms with E-state index in [1.54, 1.807) is 6.07 Å². The highest BCUT2D eigenvalue weighted by Gasteiger charge is 2.19. The van der Waals surface area contributed by atoms with E-state index in [9.17, 15) is 0 Å². The first kappa shape index (κ1) is 11.1. The summed E-state index contributed by atoms with van der Waals surface area (Å²) in [6, 6.07) is 5.98. The lowest BCUT2D eigenvalue weighted by molar-refractivity contribution is 0.414. The summed E-state index contributed by atoms with van der Waals surface area (Å²) < 4.78 is 0. The van der Waals surface area contributed by atoms with Crippen LogP contribution in [0.5, 0.6) is 0 Å². The smallest absolute Gasteiger partial charge is 0.0638 e. The second-order valence-corrected chi connectivity index (χ2v) is 4.86. The van der Waals surface area contributed by atoms with Gasteiger partial charge >= 0.3 is 0 Å². The first-order valence-electron chi connectivity index (χ1n) is 5.05. The van der Waals surface area contributed by atoms with Crippen molar-refractivity contribution in [1.82, 2.24) is 4.90 Å². The van der Waals surface area contributed by atoms with Crippen molar-refractivity contribution in [3.63, 3.8) is 0 Å². The number of nitrogens with zero attached hydrogens (tertiary/aromatic N) is 1. The third kappa shape index (κ3) is 2.77. The third-order valence-corrected chi connectivity index (χ3v) is 3.24. The molecule has 0 amide bonds. The van der Waals surface area contributed by atoms with Crippen molar-refractivity contribution < 1.29 is 0 Å². The molecule has 1 aromatic carbocycles. The van der Waals surface area contributed by atoms with E-state index in [0.717, 1.165) is 30.2 Å². The highest BCUT2D eigenvalue weighted by atomic mass is 35.5. The summed E-state index contributed by atoms with van der Waals surface area (Å²) in [5, 5.41) is 4.87. The van der Waals surface area contributed by atoms with Crippen LogP contribution in [-0.2, 0) is 0 Å². The van der Waals surface area contributed by atoms with E-state index in [-0.39, 0.29) is 0 Å². The molecule has 2 nitrogen and oxygen atoms in total. The van der Waals surface area contributed by atoms with Crippen LogP contribution in [0.15, 0.2) is 18.2 Å². The minimum atomic E-state index is 0.478. The zero-order valence-corrected chi connectivity index (χ0v) is 10.1. The Balaban J connectivity index is 2.07. The second-order valence-electron chi connectivity index (χ2n) is 4.02. The summed E-state index contributed by atoms with van der Waals surface area (Å²) in [7, 11) is 2.13. The molecule has 4 heteroatoms. The molecule has 0 bridgehead atoms. The number of nitrogens with one attached hydrogen (secondary N) is 1. The fourth-order valence-electron chi connectivity index (χ4n) is 1.88. The normalized spacial score (nSPS) is 21.9. The van der Waals surface area contributed by atoms with Crippen LogP contribution in [-0.4, -0.2) is 31.1 Å². The van der Waals surface area contributed by atoms with Crippen molar-refractivity contribution in [3.05, 3.63) is 28.2 Å². The number of likely N-dealkylation sites (tertiary alicyclic amines) is 1. The fourth-order valence-corrected chi connectivity index (χ4v) is 2.23. The van der Waals surface area contributed by atoms with E-state index in [1.165, 1.54) is 0 Å². The average molecular weight is 245 g/mol. The zero-order valence-electron chi connectivity index (χ0n) is 8.63. The van der Waals surface area contributed by atoms with E-state index in [2.05, 4.69) is 17.3 Å². The maximum absolute atomic E-state index is 6.08. The average Bonchev–Trinajstić information content (AvgIpc) is 2.58. The third-order valence-electron chi connectivity index (χ3n) is 2.68. The standard InChI is InChI=1S/C11H14Cl2N2/c1-15-5-4-9(7-15)14-11-6-8(12)2-3-10(11)13/h2-3,6,9,14H,4-5,7H2,1H3. The Morgan fingerprint density at radius 2 is 2.20 bits per heavy atom. The van der Waals surface area contributed by atoms with E-state index in [1.807, 2.05) is 12.1 Å². The Morgan fingerprint density at radius 1 is 1.40 bits per heavy atom. The van der Waals surface area contributed by atoms with Crippen LogP contribution in [0.3, 0.4) is 0 Å². The van der Waals surface area contributed by atoms with Crippen molar-refractivity contribution >= 4 is 28.9 Å². The summed E-state index contributed by atoms with van der Waals surface area (Å²) in [4.78, 5) is 2.30. The Kier molecular flexibility index (Phi) is 3.39. The van der Waals surface area contributed by atoms with Gasteiger partial charge < -0.3 is 10.2 Å². The van der Waals surface area contributed by atoms with Gasteiger partial charge in [0.05, 0.1) is 10.7 Å². The van der Waals surface area contributed by atoms with Gasteiger partial charge in [-0.15, -0.1) is 0 Å². The number of benzene rings is 1. The first-order chi connectivity index (χ1) is 7.15. The van der Waals surface area contributed by atoms with Crippen LogP contribution >= 0.6 is 23.2 Å². The Labute approximate surface area is 100 Å². The van der Waals surface area contributed by atoms with E-state index >= 15 is 0 Å². The molecule has 0 saturated carbocycles. The molecular weight excluding hydrogens is 231 g/mol. The number of rotatable bonds is 2. The number of halogens is 2. The van der Waals surface area contributed by atoms with Gasteiger partial charge in [0.2, 0.25) is 0 Å². The molecule has 1 saturated heterocycles. The largest absolute Gasteiger partial charge is 0.380 e. The van der Waals surface area contributed by atoms with Crippen molar-refractivity contribution in [3.8, 4) is 0 Å². The summed E-state index contributed by atoms with van der Waals surface area (Å²) in [6.45, 7) is 2.19. The lowest BCUT2D eigenvalue weighted by atomic mass is 10.2. The van der Waals surface area contributed by atoms with Gasteiger partial charge in [-0.05, 0) is 38.2 Å². The predicted molar refractivity (Wildman–Crippen MR) is 66.0 cm³/mol. The first-order valence-corrected chi connectivity index (χ1v) is 5.81. The monoisotopic (exact) mass is 244 g/mol. The van der Waals surface area contributed by atoms with Crippen LogP contribution in [0.1, 0.15) is 6.42 Å². The summed E-state index contributed by atoms with van der Waals surface area (Å²) in [6.07, 6.45) is 1.15. The number of likely N-dealkylation sites (N-methyl/N-ethyl adjacent to an activating group) is 1. The summed E-state index contributed by atoms with van der Waals surface area (Å²) in [5.74, 6) is 0. The molecule has 0 radical (unpaired) electrons. The molecule has 1 aliphatic heterocycles. The van der Waals surface area contributed by atoms with Crippen LogP contribution in [0.25, 0.3) is 0 Å². The van der Waals surface area contributed by atoms with Crippen molar-refractivity contribution in [1.29, 1.82) is 0 Å². The maximum atomic E-state index is 6.08. The minimum absolute atomic E-state index is 0.478. The Morgan fingerprint density at radius 3 is 2.87 bits per heavy atom. The quantitative estimate of drug-likeness (QED) is 0.861. The van der Waals surface area contributed by atoms with Crippen LogP contribution in [0.2, 0.25) is 10.0 Å². The van der Waals surface area contributed by atoms with Gasteiger partial charge in [0.1, 0.15) is 0 Å². The highest BCUT2D eigenvalue weighted by Crippen LogP contribution is 2.27. The topological polar surface area (TPSA) is 15.3 Å². The SMILES string of the molecule is CN1CCC(Nc2cc(Cl)ccc2Cl)C1. The van der Waals surface area contributed by atoms with E-state index in [4.69, 9.17) is 23.2 Å². The molecule has 1 unspecified atom stereocenters. The molecule has 1 N–H and O–H groups in total. The lowest BCUT2D eigenvalue weighted by Crippen LogP contribution is -2.23. The molecule has 1 aromatic rings. The van der Waals surface area contributed by atoms with Crippen LogP contribution < -0.4 is 5.32 Å². The summed E-state index contributed by atoms with van der Waals surface area (Å²) in [5.41, 5.74) is 0.935. The Bertz CT molecular complexity index is 354. The number of anilines is 1. The van der Waals surface area contributed by atoms with Gasteiger partial charge in [-0.3, -0.25) is 0 Å². The van der Waals surface area contributed by atoms with Gasteiger partial charge in [0.25, 0.3) is 0 Å². The van der Waals surface area contributed by atoms with Crippen molar-refractivity contribution in [2.75, 3.05) is 25.5 Å². The van der Waals surface area contributed by atoms with Crippen molar-refractivity contribution in [2.24, 2.45) is 0 Å². The molecule has 0 aromatic heterocycles. The van der Waals surface area contributed by atoms with Crippen molar-refractivity contribution in [2.45, 2.75) is 12.5 Å². The molecule has 0 aliphatic carbocycles. The molecule has 82 valence electrons. The number of hydrogen-bond acceptors (Lipinski definition) is 2. The van der Waals surface area contributed by atoms with E-state index < -0.39 is 0 Å². The molecule has 0 spiro atoms. The summed E-state index contributed by atoms with van der Waals surface area (Å²) >= 11 is 12.0. The molecule has 1 atom stereocenters. The van der Waals surface area contributed by atoms with Crippen LogP contribution in [0, 0.1) is 0 Å². The maximum Gasteiger partial charge on any atom is 0.0638 e. The number of hydrogen-bond donors (Lipinski definition) is 1. The van der Waals surface area contributed by atoms with E-state index in [0.29, 0.717) is 11.1 Å². The molecule has 2 rings (SSSR count). The fraction of sp³-hybridized carbons (Fsp3) is 0.455. The van der Waals surface area contributed by atoms with Crippen LogP contribution in [0.4, 0.5) is 5.69 Å². The zero-order chi connectivity index (χ0) is 10.8. The Hall–Kier alpha value is -0.440. The predicted octanol–water partition coefficient (Wildman–Crippen LogP) is 3.11. The molecule has 1 fully saturated rings. The van der Waals surface area contributed by atoms with Gasteiger partial charge in [-0.1, -0.05) is 23.2 Å². The highest BCUT2D eigenvalue weighted by molar-refractivity contribution is 6.35. The second kappa shape index (κ2) is 4.60. The lowest BCUT2D eigenvalue weighted by Gasteiger charge is -2.15. The molecule has 15 heavy (non-hydrogen) atoms. The van der Waals surface area contributed by atoms with Gasteiger partial charge in [0, 0.05) is 17.6 Å². The minimum Gasteiger partial charge on any atom is -0.380 e. The molecule has 1 heterocycles. The van der Waals surface area contributed by atoms with Gasteiger partial charge in [-0.2, -0.15) is 0 Å². The molecular formula is C11H14Cl2N2. The van der Waals surface area contributed by atoms with Gasteiger partial charge in [0.15, 0.2) is 0 Å². The van der Waals surface area contributed by atoms with Gasteiger partial charge in [-0.25, -0.2) is 0 Å². The molecule has 1 aliphatic rings.